The third-order valence-corrected chi connectivity index (χ3v) is 5.90. The Balaban J connectivity index is 1.63. The van der Waals surface area contributed by atoms with Crippen LogP contribution < -0.4 is 11.1 Å². The predicted molar refractivity (Wildman–Crippen MR) is 114 cm³/mol. The number of aliphatic hydroxyl groups is 1. The Bertz CT molecular complexity index is 846. The summed E-state index contributed by atoms with van der Waals surface area (Å²) in [5.74, 6) is -1.71. The first kappa shape index (κ1) is 23.5. The van der Waals surface area contributed by atoms with Crippen molar-refractivity contribution in [3.05, 3.63) is 35.9 Å². The average Bonchev–Trinajstić information content (AvgIpc) is 3.45. The fraction of sp³-hybridized carbons (Fsp3) is 0.545. The Hall–Kier alpha value is -3.14. The van der Waals surface area contributed by atoms with Gasteiger partial charge in [0.15, 0.2) is 0 Å². The van der Waals surface area contributed by atoms with E-state index in [1.54, 1.807) is 0 Å². The number of ether oxygens (including phenoxy) is 1. The van der Waals surface area contributed by atoms with Gasteiger partial charge < -0.3 is 25.8 Å². The number of primary amides is 1. The van der Waals surface area contributed by atoms with Crippen LogP contribution in [-0.2, 0) is 25.7 Å². The summed E-state index contributed by atoms with van der Waals surface area (Å²) in [5, 5.41) is 12.1. The van der Waals surface area contributed by atoms with Crippen molar-refractivity contribution in [2.24, 2.45) is 5.73 Å². The van der Waals surface area contributed by atoms with Crippen molar-refractivity contribution in [2.75, 3.05) is 13.1 Å². The number of hydrogen-bond acceptors (Lipinski definition) is 6. The zero-order valence-corrected chi connectivity index (χ0v) is 18.1. The van der Waals surface area contributed by atoms with Gasteiger partial charge in [0.1, 0.15) is 24.7 Å². The van der Waals surface area contributed by atoms with Crippen molar-refractivity contribution in [1.82, 2.24) is 15.1 Å². The number of nitrogens with zero attached hydrogens (tertiary/aromatic N) is 2. The van der Waals surface area contributed by atoms with E-state index >= 15 is 0 Å². The van der Waals surface area contributed by atoms with E-state index in [9.17, 15) is 24.3 Å². The summed E-state index contributed by atoms with van der Waals surface area (Å²) in [6.07, 6.45) is 0.466. The molecule has 1 aromatic rings. The second-order valence-electron chi connectivity index (χ2n) is 8.21. The Morgan fingerprint density at radius 3 is 2.34 bits per heavy atom. The zero-order chi connectivity index (χ0) is 23.3. The molecule has 0 aliphatic carbocycles. The highest BCUT2D eigenvalue weighted by Crippen LogP contribution is 2.26. The molecular formula is C22H30N4O6. The summed E-state index contributed by atoms with van der Waals surface area (Å²) in [6.45, 7) is 2.24. The third-order valence-electron chi connectivity index (χ3n) is 5.90. The summed E-state index contributed by atoms with van der Waals surface area (Å²) >= 11 is 0. The topological polar surface area (TPSA) is 142 Å². The van der Waals surface area contributed by atoms with Crippen LogP contribution in [0.4, 0.5) is 4.79 Å². The number of rotatable bonds is 7. The fourth-order valence-corrected chi connectivity index (χ4v) is 4.22. The second kappa shape index (κ2) is 10.4. The molecule has 10 nitrogen and oxygen atoms in total. The fourth-order valence-electron chi connectivity index (χ4n) is 4.22. The Labute approximate surface area is 186 Å². The summed E-state index contributed by atoms with van der Waals surface area (Å²) in [4.78, 5) is 53.0. The molecule has 2 heterocycles. The van der Waals surface area contributed by atoms with Gasteiger partial charge in [-0.2, -0.15) is 0 Å². The summed E-state index contributed by atoms with van der Waals surface area (Å²) in [6, 6.07) is 6.54. The molecule has 2 aliphatic rings. The van der Waals surface area contributed by atoms with Crippen LogP contribution >= 0.6 is 0 Å². The van der Waals surface area contributed by atoms with E-state index in [1.165, 1.54) is 16.7 Å². The minimum Gasteiger partial charge on any atom is -0.445 e. The van der Waals surface area contributed by atoms with Crippen molar-refractivity contribution in [3.63, 3.8) is 0 Å². The van der Waals surface area contributed by atoms with Crippen LogP contribution in [0.3, 0.4) is 0 Å². The predicted octanol–water partition coefficient (Wildman–Crippen LogP) is 0.130. The van der Waals surface area contributed by atoms with Crippen molar-refractivity contribution in [1.29, 1.82) is 0 Å². The van der Waals surface area contributed by atoms with E-state index in [0.717, 1.165) is 5.56 Å². The first-order valence-corrected chi connectivity index (χ1v) is 10.8. The second-order valence-corrected chi connectivity index (χ2v) is 8.21. The molecule has 0 bridgehead atoms. The molecule has 0 spiro atoms. The Morgan fingerprint density at radius 1 is 1.09 bits per heavy atom. The van der Waals surface area contributed by atoms with Gasteiger partial charge in [-0.25, -0.2) is 4.79 Å². The van der Waals surface area contributed by atoms with E-state index in [-0.39, 0.29) is 12.5 Å². The molecule has 174 valence electrons. The van der Waals surface area contributed by atoms with E-state index in [1.807, 2.05) is 30.3 Å². The first-order valence-electron chi connectivity index (χ1n) is 10.8. The largest absolute Gasteiger partial charge is 0.445 e. The first-order chi connectivity index (χ1) is 15.3. The molecule has 4 amide bonds. The number of benzene rings is 1. The van der Waals surface area contributed by atoms with E-state index < -0.39 is 42.1 Å². The van der Waals surface area contributed by atoms with Gasteiger partial charge in [-0.3, -0.25) is 19.3 Å². The maximum Gasteiger partial charge on any atom is 0.410 e. The van der Waals surface area contributed by atoms with Crippen molar-refractivity contribution < 1.29 is 29.0 Å². The number of aliphatic hydroxyl groups excluding tert-OH is 1. The molecule has 0 aromatic heterocycles. The standard InChI is InChI=1S/C22H30N4O6/c1-14(27)18(19(23)28)24-20(29)16-9-5-11-25(16)21(30)17-10-6-12-26(17)22(31)32-13-15-7-3-2-4-8-15/h2-4,7-8,14,16-18,27H,5-6,9-13H2,1H3,(H2,23,28)(H,24,29)/t14-,16+,17+,18+/m1/s1. The van der Waals surface area contributed by atoms with Gasteiger partial charge in [0, 0.05) is 13.1 Å². The average molecular weight is 447 g/mol. The summed E-state index contributed by atoms with van der Waals surface area (Å²) in [7, 11) is 0. The van der Waals surface area contributed by atoms with E-state index in [0.29, 0.717) is 38.8 Å². The lowest BCUT2D eigenvalue weighted by molar-refractivity contribution is -0.142. The van der Waals surface area contributed by atoms with Crippen LogP contribution in [-0.4, -0.2) is 76.0 Å². The van der Waals surface area contributed by atoms with Gasteiger partial charge in [0.2, 0.25) is 17.7 Å². The molecule has 4 N–H and O–H groups in total. The molecule has 0 radical (unpaired) electrons. The lowest BCUT2D eigenvalue weighted by atomic mass is 10.1. The maximum atomic E-state index is 13.3. The summed E-state index contributed by atoms with van der Waals surface area (Å²) in [5.41, 5.74) is 6.10. The van der Waals surface area contributed by atoms with Crippen LogP contribution in [0.2, 0.25) is 0 Å². The Morgan fingerprint density at radius 2 is 1.72 bits per heavy atom. The van der Waals surface area contributed by atoms with E-state index in [2.05, 4.69) is 5.32 Å². The number of carbonyl (C=O) groups excluding carboxylic acids is 4. The van der Waals surface area contributed by atoms with Gasteiger partial charge in [-0.05, 0) is 38.2 Å². The number of nitrogens with two attached hydrogens (primary N) is 1. The molecule has 2 aliphatic heterocycles. The number of nitrogens with one attached hydrogen (secondary N) is 1. The molecule has 2 fully saturated rings. The van der Waals surface area contributed by atoms with Gasteiger partial charge in [0.25, 0.3) is 0 Å². The monoisotopic (exact) mass is 446 g/mol. The number of likely N-dealkylation sites (tertiary alicyclic amines) is 2. The number of hydrogen-bond donors (Lipinski definition) is 3. The quantitative estimate of drug-likeness (QED) is 0.543. The summed E-state index contributed by atoms with van der Waals surface area (Å²) < 4.78 is 5.39. The molecule has 4 atom stereocenters. The normalized spacial score (nSPS) is 22.3. The minimum absolute atomic E-state index is 0.111. The highest BCUT2D eigenvalue weighted by atomic mass is 16.6. The lowest BCUT2D eigenvalue weighted by Crippen LogP contribution is -2.57. The van der Waals surface area contributed by atoms with Crippen molar-refractivity contribution in [3.8, 4) is 0 Å². The smallest absolute Gasteiger partial charge is 0.410 e. The van der Waals surface area contributed by atoms with Gasteiger partial charge in [0.05, 0.1) is 6.10 Å². The highest BCUT2D eigenvalue weighted by Gasteiger charge is 2.43. The highest BCUT2D eigenvalue weighted by molar-refractivity contribution is 5.94. The van der Waals surface area contributed by atoms with Crippen LogP contribution in [0, 0.1) is 0 Å². The van der Waals surface area contributed by atoms with Crippen molar-refractivity contribution >= 4 is 23.8 Å². The minimum atomic E-state index is -1.24. The number of carbonyl (C=O) groups is 4. The number of amides is 4. The van der Waals surface area contributed by atoms with Crippen LogP contribution in [0.5, 0.6) is 0 Å². The van der Waals surface area contributed by atoms with Gasteiger partial charge >= 0.3 is 6.09 Å². The lowest BCUT2D eigenvalue weighted by Gasteiger charge is -2.31. The SMILES string of the molecule is C[C@@H](O)[C@H](NC(=O)[C@@H]1CCCN1C(=O)[C@@H]1CCCN1C(=O)OCc1ccccc1)C(N)=O. The molecule has 10 heteroatoms. The van der Waals surface area contributed by atoms with Gasteiger partial charge in [-0.15, -0.1) is 0 Å². The van der Waals surface area contributed by atoms with Crippen LogP contribution in [0.15, 0.2) is 30.3 Å². The molecule has 3 rings (SSSR count). The molecule has 0 unspecified atom stereocenters. The van der Waals surface area contributed by atoms with Gasteiger partial charge in [-0.1, -0.05) is 30.3 Å². The molecule has 0 saturated carbocycles. The maximum absolute atomic E-state index is 13.3. The van der Waals surface area contributed by atoms with Crippen LogP contribution in [0.25, 0.3) is 0 Å². The molecule has 1 aromatic carbocycles. The third kappa shape index (κ3) is 5.37. The molecular weight excluding hydrogens is 416 g/mol. The Kier molecular flexibility index (Phi) is 7.68. The van der Waals surface area contributed by atoms with E-state index in [4.69, 9.17) is 10.5 Å². The molecule has 32 heavy (non-hydrogen) atoms. The zero-order valence-electron chi connectivity index (χ0n) is 18.1. The van der Waals surface area contributed by atoms with Crippen molar-refractivity contribution in [2.45, 2.75) is 63.4 Å². The molecule has 2 saturated heterocycles. The van der Waals surface area contributed by atoms with Crippen LogP contribution in [0.1, 0.15) is 38.2 Å².